The molecule has 1 saturated heterocycles. The summed E-state index contributed by atoms with van der Waals surface area (Å²) in [4.78, 5) is 10.9. The second-order valence-electron chi connectivity index (χ2n) is 9.88. The van der Waals surface area contributed by atoms with Crippen molar-refractivity contribution in [3.63, 3.8) is 0 Å². The molecule has 10 nitrogen and oxygen atoms in total. The molecule has 0 saturated carbocycles. The summed E-state index contributed by atoms with van der Waals surface area (Å²) in [5.41, 5.74) is 2.90. The first-order chi connectivity index (χ1) is 20.0. The van der Waals surface area contributed by atoms with Crippen LogP contribution in [0.1, 0.15) is 29.5 Å². The van der Waals surface area contributed by atoms with E-state index in [0.29, 0.717) is 43.5 Å². The smallest absolute Gasteiger partial charge is 0.296 e. The van der Waals surface area contributed by atoms with Crippen LogP contribution in [-0.2, 0) is 10.2 Å². The van der Waals surface area contributed by atoms with Crippen LogP contribution in [0.4, 0.5) is 26.1 Å². The molecule has 3 heterocycles. The van der Waals surface area contributed by atoms with Gasteiger partial charge in [0.05, 0.1) is 17.3 Å². The quantitative estimate of drug-likeness (QED) is 0.218. The predicted octanol–water partition coefficient (Wildman–Crippen LogP) is 5.61. The van der Waals surface area contributed by atoms with Crippen molar-refractivity contribution in [1.29, 1.82) is 5.26 Å². The Morgan fingerprint density at radius 3 is 2.43 bits per heavy atom. The Morgan fingerprint density at radius 2 is 1.81 bits per heavy atom. The molecular weight excluding hydrogens is 584 g/mol. The molecular formula is C28H27F2N7O3S2. The van der Waals surface area contributed by atoms with Crippen molar-refractivity contribution in [2.24, 2.45) is 5.14 Å². The van der Waals surface area contributed by atoms with E-state index >= 15 is 0 Å². The van der Waals surface area contributed by atoms with Crippen LogP contribution >= 0.6 is 11.3 Å². The highest BCUT2D eigenvalue weighted by molar-refractivity contribution is 7.90. The molecule has 0 radical (unpaired) electrons. The highest BCUT2D eigenvalue weighted by Crippen LogP contribution is 2.36. The molecule has 5 rings (SSSR count). The first kappa shape index (κ1) is 29.2. The number of hydrogen-bond donors (Lipinski definition) is 3. The Labute approximate surface area is 245 Å². The summed E-state index contributed by atoms with van der Waals surface area (Å²) in [6, 6.07) is 9.50. The van der Waals surface area contributed by atoms with E-state index in [1.54, 1.807) is 11.0 Å². The number of halogens is 2. The summed E-state index contributed by atoms with van der Waals surface area (Å²) < 4.78 is 61.0. The van der Waals surface area contributed by atoms with Gasteiger partial charge in [-0.25, -0.2) is 18.9 Å². The van der Waals surface area contributed by atoms with Gasteiger partial charge < -0.3 is 15.0 Å². The molecule has 0 unspecified atom stereocenters. The van der Waals surface area contributed by atoms with Gasteiger partial charge in [-0.2, -0.15) is 18.7 Å². The average molecular weight is 612 g/mol. The zero-order valence-electron chi connectivity index (χ0n) is 22.7. The summed E-state index contributed by atoms with van der Waals surface area (Å²) in [5, 5.41) is 19.0. The Kier molecular flexibility index (Phi) is 8.26. The Bertz CT molecular complexity index is 1780. The van der Waals surface area contributed by atoms with Gasteiger partial charge in [-0.15, -0.1) is 11.3 Å². The Morgan fingerprint density at radius 1 is 1.14 bits per heavy atom. The minimum atomic E-state index is -4.16. The minimum absolute atomic E-state index is 0.0608. The fraction of sp³-hybridized carbons (Fsp3) is 0.250. The maximum absolute atomic E-state index is 14.8. The van der Waals surface area contributed by atoms with Gasteiger partial charge in [-0.1, -0.05) is 0 Å². The Hall–Kier alpha value is -4.32. The number of allylic oxidation sites excluding steroid dienone is 1. The van der Waals surface area contributed by atoms with Gasteiger partial charge in [0.25, 0.3) is 10.2 Å². The second-order valence-corrected chi connectivity index (χ2v) is 12.1. The van der Waals surface area contributed by atoms with Gasteiger partial charge in [0.1, 0.15) is 16.1 Å². The molecule has 1 aliphatic heterocycles. The number of nitrogens with zero attached hydrogens (tertiary/aromatic N) is 4. The number of aromatic nitrogens is 2. The number of piperidine rings is 1. The number of nitrogens with one attached hydrogen (secondary N) is 2. The van der Waals surface area contributed by atoms with E-state index in [4.69, 9.17) is 15.1 Å². The fourth-order valence-electron chi connectivity index (χ4n) is 4.96. The minimum Gasteiger partial charge on any atom is -0.437 e. The zero-order valence-corrected chi connectivity index (χ0v) is 24.3. The lowest BCUT2D eigenvalue weighted by atomic mass is 10.0. The van der Waals surface area contributed by atoms with Crippen molar-refractivity contribution >= 4 is 55.2 Å². The number of hydrogen-bond acceptors (Lipinski definition) is 9. The number of anilines is 3. The normalized spacial score (nSPS) is 14.3. The summed E-state index contributed by atoms with van der Waals surface area (Å²) in [7, 11) is -4.16. The van der Waals surface area contributed by atoms with E-state index in [9.17, 15) is 17.2 Å². The van der Waals surface area contributed by atoms with Crippen LogP contribution in [0, 0.1) is 36.8 Å². The standard InChI is InChI=1S/C28H27F2N7O3S2/c1-16-12-18(4-3-8-31)13-17(2)25(16)40-27-26-23(7-11-41-26)34-28(35-27)33-19-5-9-37(10-6-19)24-21(29)14-20(15-22(24)30)36-42(32,38)39/h3-4,7,11-15,19,36H,5-6,9-10H2,1-2H3,(H2,32,38,39)(H,33,34,35)/b4-3+. The van der Waals surface area contributed by atoms with Gasteiger partial charge in [0.2, 0.25) is 11.8 Å². The van der Waals surface area contributed by atoms with E-state index in [2.05, 4.69) is 15.3 Å². The second kappa shape index (κ2) is 11.9. The third-order valence-electron chi connectivity index (χ3n) is 6.73. The van der Waals surface area contributed by atoms with Crippen molar-refractivity contribution in [1.82, 2.24) is 9.97 Å². The summed E-state index contributed by atoms with van der Waals surface area (Å²) in [5.74, 6) is -0.306. The van der Waals surface area contributed by atoms with E-state index in [0.717, 1.165) is 39.0 Å². The van der Waals surface area contributed by atoms with Crippen LogP contribution in [-0.4, -0.2) is 37.5 Å². The molecule has 2 aromatic heterocycles. The van der Waals surface area contributed by atoms with E-state index in [-0.39, 0.29) is 17.4 Å². The lowest BCUT2D eigenvalue weighted by Gasteiger charge is -2.34. The third-order valence-corrected chi connectivity index (χ3v) is 8.14. The lowest BCUT2D eigenvalue weighted by molar-refractivity contribution is 0.461. The summed E-state index contributed by atoms with van der Waals surface area (Å²) in [6.45, 7) is 4.56. The van der Waals surface area contributed by atoms with E-state index in [1.807, 2.05) is 48.2 Å². The molecule has 4 aromatic rings. The highest BCUT2D eigenvalue weighted by Gasteiger charge is 2.26. The van der Waals surface area contributed by atoms with Gasteiger partial charge in [-0.05, 0) is 73.0 Å². The zero-order chi connectivity index (χ0) is 30.0. The van der Waals surface area contributed by atoms with Gasteiger partial charge >= 0.3 is 0 Å². The molecule has 0 spiro atoms. The maximum Gasteiger partial charge on any atom is 0.296 e. The molecule has 4 N–H and O–H groups in total. The number of rotatable bonds is 8. The molecule has 0 aliphatic carbocycles. The van der Waals surface area contributed by atoms with Crippen LogP contribution in [0.15, 0.2) is 41.8 Å². The van der Waals surface area contributed by atoms with Crippen LogP contribution < -0.4 is 24.8 Å². The van der Waals surface area contributed by atoms with Crippen molar-refractivity contribution in [3.05, 3.63) is 70.1 Å². The van der Waals surface area contributed by atoms with Crippen LogP contribution in [0.25, 0.3) is 16.3 Å². The predicted molar refractivity (Wildman–Crippen MR) is 160 cm³/mol. The molecule has 1 fully saturated rings. The van der Waals surface area contributed by atoms with Crippen molar-refractivity contribution < 1.29 is 21.9 Å². The average Bonchev–Trinajstić information content (AvgIpc) is 3.38. The molecule has 42 heavy (non-hydrogen) atoms. The molecule has 0 bridgehead atoms. The number of aryl methyl sites for hydroxylation is 2. The molecule has 14 heteroatoms. The monoisotopic (exact) mass is 611 g/mol. The van der Waals surface area contributed by atoms with Crippen LogP contribution in [0.5, 0.6) is 11.6 Å². The van der Waals surface area contributed by atoms with Crippen LogP contribution in [0.2, 0.25) is 0 Å². The molecule has 1 aliphatic rings. The van der Waals surface area contributed by atoms with Gasteiger partial charge in [0, 0.05) is 37.3 Å². The SMILES string of the molecule is Cc1cc(/C=C/C#N)cc(C)c1Oc1nc(NC2CCN(c3c(F)cc(NS(N)(=O)=O)cc3F)CC2)nc2ccsc12. The molecule has 0 amide bonds. The fourth-order valence-corrected chi connectivity index (χ4v) is 6.16. The van der Waals surface area contributed by atoms with Crippen LogP contribution in [0.3, 0.4) is 0 Å². The molecule has 2 aromatic carbocycles. The first-order valence-corrected chi connectivity index (χ1v) is 15.3. The Balaban J connectivity index is 1.31. The number of nitrogens with two attached hydrogens (primary N) is 1. The van der Waals surface area contributed by atoms with Crippen molar-refractivity contribution in [3.8, 4) is 17.7 Å². The number of benzene rings is 2. The van der Waals surface area contributed by atoms with Crippen molar-refractivity contribution in [2.45, 2.75) is 32.7 Å². The number of ether oxygens (including phenoxy) is 1. The van der Waals surface area contributed by atoms with Gasteiger partial charge in [-0.3, -0.25) is 4.72 Å². The first-order valence-electron chi connectivity index (χ1n) is 12.9. The lowest BCUT2D eigenvalue weighted by Crippen LogP contribution is -2.40. The largest absolute Gasteiger partial charge is 0.437 e. The topological polar surface area (TPSA) is 146 Å². The number of thiophene rings is 1. The summed E-state index contributed by atoms with van der Waals surface area (Å²) >= 11 is 1.47. The summed E-state index contributed by atoms with van der Waals surface area (Å²) in [6.07, 6.45) is 4.26. The molecule has 218 valence electrons. The van der Waals surface area contributed by atoms with E-state index < -0.39 is 21.8 Å². The third kappa shape index (κ3) is 6.59. The van der Waals surface area contributed by atoms with Gasteiger partial charge in [0.15, 0.2) is 11.6 Å². The molecule has 0 atom stereocenters. The van der Waals surface area contributed by atoms with Crippen molar-refractivity contribution in [2.75, 3.05) is 28.0 Å². The number of nitriles is 1. The number of fused-ring (bicyclic) bond motifs is 1. The maximum atomic E-state index is 14.8. The van der Waals surface area contributed by atoms with E-state index in [1.165, 1.54) is 17.4 Å². The highest BCUT2D eigenvalue weighted by atomic mass is 32.2.